The molecule has 0 saturated heterocycles. The molecule has 2 aromatic rings. The van der Waals surface area contributed by atoms with Gasteiger partial charge in [-0.25, -0.2) is 4.63 Å². The van der Waals surface area contributed by atoms with Gasteiger partial charge in [-0.05, 0) is 31.1 Å². The first-order valence-corrected chi connectivity index (χ1v) is 5.43. The molecule has 0 atom stereocenters. The number of benzene rings is 1. The van der Waals surface area contributed by atoms with Gasteiger partial charge in [0.15, 0.2) is 12.4 Å². The summed E-state index contributed by atoms with van der Waals surface area (Å²) in [6, 6.07) is 7.45. The summed E-state index contributed by atoms with van der Waals surface area (Å²) in [6.45, 7) is 3.58. The number of nitrogens with one attached hydrogen (secondary N) is 1. The van der Waals surface area contributed by atoms with Crippen molar-refractivity contribution in [3.05, 3.63) is 35.5 Å². The molecule has 18 heavy (non-hydrogen) atoms. The van der Waals surface area contributed by atoms with E-state index >= 15 is 0 Å². The van der Waals surface area contributed by atoms with Crippen LogP contribution in [0.3, 0.4) is 0 Å². The zero-order chi connectivity index (χ0) is 13.0. The molecule has 1 aromatic heterocycles. The van der Waals surface area contributed by atoms with E-state index in [0.29, 0.717) is 17.3 Å². The Hall–Kier alpha value is -2.37. The monoisotopic (exact) mass is 247 g/mol. The number of aryl methyl sites for hydroxylation is 2. The SMILES string of the molecule is Cc1ccc(OCC(=O)Nc2nonc2C)cc1. The molecule has 0 bridgehead atoms. The quantitative estimate of drug-likeness (QED) is 0.889. The molecule has 6 heteroatoms. The number of carbonyl (C=O) groups excluding carboxylic acids is 1. The van der Waals surface area contributed by atoms with Crippen LogP contribution in [-0.2, 0) is 4.79 Å². The summed E-state index contributed by atoms with van der Waals surface area (Å²) in [5.74, 6) is 0.646. The summed E-state index contributed by atoms with van der Waals surface area (Å²) >= 11 is 0. The summed E-state index contributed by atoms with van der Waals surface area (Å²) in [7, 11) is 0. The Labute approximate surface area is 104 Å². The van der Waals surface area contributed by atoms with E-state index in [9.17, 15) is 4.79 Å². The van der Waals surface area contributed by atoms with Crippen molar-refractivity contribution in [2.24, 2.45) is 0 Å². The zero-order valence-corrected chi connectivity index (χ0v) is 10.1. The lowest BCUT2D eigenvalue weighted by molar-refractivity contribution is -0.118. The van der Waals surface area contributed by atoms with Crippen LogP contribution >= 0.6 is 0 Å². The minimum Gasteiger partial charge on any atom is -0.484 e. The van der Waals surface area contributed by atoms with Crippen LogP contribution in [0.4, 0.5) is 5.82 Å². The van der Waals surface area contributed by atoms with Crippen molar-refractivity contribution in [3.63, 3.8) is 0 Å². The van der Waals surface area contributed by atoms with Gasteiger partial charge in [0, 0.05) is 0 Å². The normalized spacial score (nSPS) is 10.1. The molecule has 94 valence electrons. The van der Waals surface area contributed by atoms with Gasteiger partial charge in [-0.2, -0.15) is 0 Å². The number of nitrogens with zero attached hydrogens (tertiary/aromatic N) is 2. The summed E-state index contributed by atoms with van der Waals surface area (Å²) in [6.07, 6.45) is 0. The van der Waals surface area contributed by atoms with Crippen LogP contribution < -0.4 is 10.1 Å². The maximum absolute atomic E-state index is 11.6. The van der Waals surface area contributed by atoms with Gasteiger partial charge in [-0.3, -0.25) is 4.79 Å². The fraction of sp³-hybridized carbons (Fsp3) is 0.250. The van der Waals surface area contributed by atoms with E-state index in [1.807, 2.05) is 31.2 Å². The average Bonchev–Trinajstić information content (AvgIpc) is 2.74. The molecule has 0 aliphatic rings. The molecule has 0 unspecified atom stereocenters. The van der Waals surface area contributed by atoms with E-state index in [2.05, 4.69) is 20.3 Å². The predicted octanol–water partition coefficient (Wildman–Crippen LogP) is 1.70. The van der Waals surface area contributed by atoms with Crippen LogP contribution in [0, 0.1) is 13.8 Å². The molecular weight excluding hydrogens is 234 g/mol. The molecule has 2 rings (SSSR count). The number of carbonyl (C=O) groups is 1. The Kier molecular flexibility index (Phi) is 3.57. The smallest absolute Gasteiger partial charge is 0.263 e. The van der Waals surface area contributed by atoms with Crippen LogP contribution in [0.25, 0.3) is 0 Å². The van der Waals surface area contributed by atoms with Gasteiger partial charge < -0.3 is 10.1 Å². The van der Waals surface area contributed by atoms with Crippen molar-refractivity contribution in [2.75, 3.05) is 11.9 Å². The number of hydrogen-bond acceptors (Lipinski definition) is 5. The van der Waals surface area contributed by atoms with E-state index in [1.165, 1.54) is 0 Å². The van der Waals surface area contributed by atoms with Gasteiger partial charge in [0.25, 0.3) is 5.91 Å². The third-order valence-electron chi connectivity index (χ3n) is 2.30. The van der Waals surface area contributed by atoms with Gasteiger partial charge >= 0.3 is 0 Å². The fourth-order valence-corrected chi connectivity index (χ4v) is 1.30. The van der Waals surface area contributed by atoms with Gasteiger partial charge in [0.05, 0.1) is 0 Å². The average molecular weight is 247 g/mol. The highest BCUT2D eigenvalue weighted by Gasteiger charge is 2.09. The lowest BCUT2D eigenvalue weighted by atomic mass is 10.2. The highest BCUT2D eigenvalue weighted by Crippen LogP contribution is 2.11. The van der Waals surface area contributed by atoms with Crippen molar-refractivity contribution in [1.29, 1.82) is 0 Å². The number of ether oxygens (including phenoxy) is 1. The molecule has 1 N–H and O–H groups in total. The standard InChI is InChI=1S/C12H13N3O3/c1-8-3-5-10(6-4-8)17-7-11(16)13-12-9(2)14-18-15-12/h3-6H,7H2,1-2H3,(H,13,15,16). The fourth-order valence-electron chi connectivity index (χ4n) is 1.30. The van der Waals surface area contributed by atoms with Crippen LogP contribution in [-0.4, -0.2) is 22.8 Å². The molecule has 0 aliphatic carbocycles. The lowest BCUT2D eigenvalue weighted by Crippen LogP contribution is -2.20. The highest BCUT2D eigenvalue weighted by atomic mass is 16.6. The highest BCUT2D eigenvalue weighted by molar-refractivity contribution is 5.91. The maximum atomic E-state index is 11.6. The summed E-state index contributed by atoms with van der Waals surface area (Å²) in [5, 5.41) is 9.65. The molecule has 1 heterocycles. The Morgan fingerprint density at radius 2 is 2.00 bits per heavy atom. The Morgan fingerprint density at radius 1 is 1.28 bits per heavy atom. The van der Waals surface area contributed by atoms with Crippen LogP contribution in [0.1, 0.15) is 11.3 Å². The molecule has 0 fully saturated rings. The van der Waals surface area contributed by atoms with E-state index < -0.39 is 0 Å². The van der Waals surface area contributed by atoms with Crippen molar-refractivity contribution >= 4 is 11.7 Å². The van der Waals surface area contributed by atoms with Crippen molar-refractivity contribution in [3.8, 4) is 5.75 Å². The topological polar surface area (TPSA) is 77.2 Å². The Balaban J connectivity index is 1.85. The van der Waals surface area contributed by atoms with E-state index in [-0.39, 0.29) is 12.5 Å². The largest absolute Gasteiger partial charge is 0.484 e. The first kappa shape index (κ1) is 12.1. The number of hydrogen-bond donors (Lipinski definition) is 1. The number of amides is 1. The van der Waals surface area contributed by atoms with E-state index in [1.54, 1.807) is 6.92 Å². The Bertz CT molecular complexity index is 534. The minimum atomic E-state index is -0.311. The molecule has 0 aliphatic heterocycles. The Morgan fingerprint density at radius 3 is 2.61 bits per heavy atom. The molecule has 1 amide bonds. The second-order valence-electron chi connectivity index (χ2n) is 3.85. The predicted molar refractivity (Wildman–Crippen MR) is 64.3 cm³/mol. The molecule has 6 nitrogen and oxygen atoms in total. The molecular formula is C12H13N3O3. The molecule has 1 aromatic carbocycles. The second-order valence-corrected chi connectivity index (χ2v) is 3.85. The van der Waals surface area contributed by atoms with Crippen molar-refractivity contribution < 1.29 is 14.2 Å². The van der Waals surface area contributed by atoms with Gasteiger partial charge in [-0.1, -0.05) is 22.9 Å². The first-order chi connectivity index (χ1) is 8.65. The maximum Gasteiger partial charge on any atom is 0.263 e. The molecule has 0 spiro atoms. The third-order valence-corrected chi connectivity index (χ3v) is 2.30. The lowest BCUT2D eigenvalue weighted by Gasteiger charge is -2.05. The van der Waals surface area contributed by atoms with Gasteiger partial charge in [-0.15, -0.1) is 0 Å². The zero-order valence-electron chi connectivity index (χ0n) is 10.1. The first-order valence-electron chi connectivity index (χ1n) is 5.43. The second kappa shape index (κ2) is 5.31. The number of aromatic nitrogens is 2. The van der Waals surface area contributed by atoms with E-state index in [0.717, 1.165) is 5.56 Å². The van der Waals surface area contributed by atoms with Crippen LogP contribution in [0.15, 0.2) is 28.9 Å². The summed E-state index contributed by atoms with van der Waals surface area (Å²) < 4.78 is 9.79. The summed E-state index contributed by atoms with van der Waals surface area (Å²) in [4.78, 5) is 11.6. The van der Waals surface area contributed by atoms with Crippen LogP contribution in [0.2, 0.25) is 0 Å². The third kappa shape index (κ3) is 3.07. The number of anilines is 1. The summed E-state index contributed by atoms with van der Waals surface area (Å²) in [5.41, 5.74) is 1.66. The van der Waals surface area contributed by atoms with E-state index in [4.69, 9.17) is 4.74 Å². The molecule has 0 saturated carbocycles. The number of rotatable bonds is 4. The molecule has 0 radical (unpaired) electrons. The van der Waals surface area contributed by atoms with Crippen LogP contribution in [0.5, 0.6) is 5.75 Å². The van der Waals surface area contributed by atoms with Gasteiger partial charge in [0.2, 0.25) is 0 Å². The minimum absolute atomic E-state index is 0.0879. The van der Waals surface area contributed by atoms with Crippen molar-refractivity contribution in [2.45, 2.75) is 13.8 Å². The van der Waals surface area contributed by atoms with Gasteiger partial charge in [0.1, 0.15) is 11.4 Å². The van der Waals surface area contributed by atoms with Crippen molar-refractivity contribution in [1.82, 2.24) is 10.3 Å².